The van der Waals surface area contributed by atoms with Crippen LogP contribution >= 0.6 is 0 Å². The third kappa shape index (κ3) is 3.28. The van der Waals surface area contributed by atoms with Crippen LogP contribution in [0.2, 0.25) is 24.7 Å². The first-order valence-corrected chi connectivity index (χ1v) is 10.1. The summed E-state index contributed by atoms with van der Waals surface area (Å²) in [4.78, 5) is 0. The molecule has 1 aromatic rings. The minimum atomic E-state index is -0.854. The molecule has 2 nitrogen and oxygen atoms in total. The smallest absolute Gasteiger partial charge is 0.160 e. The van der Waals surface area contributed by atoms with Crippen molar-refractivity contribution < 1.29 is 9.84 Å². The van der Waals surface area contributed by atoms with E-state index < -0.39 is 8.07 Å². The third-order valence-corrected chi connectivity index (χ3v) is 8.98. The van der Waals surface area contributed by atoms with Crippen LogP contribution in [0, 0.1) is 0 Å². The maximum absolute atomic E-state index is 9.56. The van der Waals surface area contributed by atoms with Gasteiger partial charge < -0.3 is 9.84 Å². The van der Waals surface area contributed by atoms with Crippen LogP contribution in [0.4, 0.5) is 0 Å². The highest BCUT2D eigenvalue weighted by atomic mass is 28.3. The summed E-state index contributed by atoms with van der Waals surface area (Å²) in [5.74, 6) is 0.829. The van der Waals surface area contributed by atoms with Gasteiger partial charge in [0.25, 0.3) is 0 Å². The van der Waals surface area contributed by atoms with Crippen molar-refractivity contribution in [2.45, 2.75) is 50.4 Å². The lowest BCUT2D eigenvalue weighted by Gasteiger charge is -2.20. The van der Waals surface area contributed by atoms with Crippen molar-refractivity contribution in [2.24, 2.45) is 0 Å². The Labute approximate surface area is 111 Å². The van der Waals surface area contributed by atoms with Gasteiger partial charge in [-0.15, -0.1) is 0 Å². The van der Waals surface area contributed by atoms with Gasteiger partial charge in [-0.2, -0.15) is 0 Å². The van der Waals surface area contributed by atoms with Crippen molar-refractivity contribution in [1.29, 1.82) is 0 Å². The zero-order valence-electron chi connectivity index (χ0n) is 11.5. The van der Waals surface area contributed by atoms with Crippen molar-refractivity contribution in [2.75, 3.05) is 7.11 Å². The van der Waals surface area contributed by atoms with E-state index in [1.54, 1.807) is 13.2 Å². The molecular formula is C15H24O2Si. The van der Waals surface area contributed by atoms with E-state index in [4.69, 9.17) is 4.74 Å². The van der Waals surface area contributed by atoms with Crippen molar-refractivity contribution in [1.82, 2.24) is 0 Å². The highest BCUT2D eigenvalue weighted by Crippen LogP contribution is 2.34. The largest absolute Gasteiger partial charge is 0.504 e. The maximum Gasteiger partial charge on any atom is 0.160 e. The molecule has 3 heteroatoms. The molecule has 0 unspecified atom stereocenters. The Bertz CT molecular complexity index is 397. The van der Waals surface area contributed by atoms with Gasteiger partial charge in [0.2, 0.25) is 0 Å². The van der Waals surface area contributed by atoms with Gasteiger partial charge in [0.05, 0.1) is 15.2 Å². The summed E-state index contributed by atoms with van der Waals surface area (Å²) < 4.78 is 5.14. The van der Waals surface area contributed by atoms with Crippen LogP contribution < -0.4 is 4.74 Å². The summed E-state index contributed by atoms with van der Waals surface area (Å²) in [6.07, 6.45) is 5.33. The molecule has 0 spiro atoms. The summed E-state index contributed by atoms with van der Waals surface area (Å²) in [6.45, 7) is 2.57. The highest BCUT2D eigenvalue weighted by molar-refractivity contribution is 6.79. The number of aromatic hydroxyl groups is 1. The van der Waals surface area contributed by atoms with Crippen molar-refractivity contribution in [3.8, 4) is 11.5 Å². The van der Waals surface area contributed by atoms with Gasteiger partial charge in [-0.1, -0.05) is 50.0 Å². The van der Waals surface area contributed by atoms with E-state index in [-0.39, 0.29) is 5.75 Å². The molecule has 1 saturated heterocycles. The molecule has 1 aromatic carbocycles. The number of hydrogen-bond donors (Lipinski definition) is 1. The van der Waals surface area contributed by atoms with Crippen LogP contribution in [-0.2, 0) is 6.42 Å². The lowest BCUT2D eigenvalue weighted by molar-refractivity contribution is 0.373. The fourth-order valence-electron chi connectivity index (χ4n) is 3.08. The van der Waals surface area contributed by atoms with Crippen molar-refractivity contribution >= 4 is 8.07 Å². The topological polar surface area (TPSA) is 29.5 Å². The number of benzene rings is 1. The van der Waals surface area contributed by atoms with Crippen molar-refractivity contribution in [3.05, 3.63) is 23.8 Å². The van der Waals surface area contributed by atoms with Gasteiger partial charge in [0.1, 0.15) is 0 Å². The summed E-state index contributed by atoms with van der Waals surface area (Å²) in [5, 5.41) is 9.56. The number of hydrogen-bond acceptors (Lipinski definition) is 2. The van der Waals surface area contributed by atoms with Crippen LogP contribution in [0.25, 0.3) is 0 Å². The molecule has 2 rings (SSSR count). The fraction of sp³-hybridized carbons (Fsp3) is 0.600. The summed E-state index contributed by atoms with van der Waals surface area (Å²) in [6, 6.07) is 10.2. The molecular weight excluding hydrogens is 240 g/mol. The predicted octanol–water partition coefficient (Wildman–Crippen LogP) is 4.21. The zero-order valence-corrected chi connectivity index (χ0v) is 12.5. The Morgan fingerprint density at radius 1 is 1.28 bits per heavy atom. The lowest BCUT2D eigenvalue weighted by atomic mass is 10.1. The standard InChI is InChI=1S/C15H24O2Si/c1-17-15-12-13(7-8-14(15)16)6-5-11-18(2)9-3-4-10-18/h7-8,12,16H,3-6,9-11H2,1-2H3. The van der Waals surface area contributed by atoms with Gasteiger partial charge >= 0.3 is 0 Å². The Hall–Kier alpha value is -0.963. The van der Waals surface area contributed by atoms with Gasteiger partial charge in [0.15, 0.2) is 11.5 Å². The molecule has 1 aliphatic heterocycles. The molecule has 1 N–H and O–H groups in total. The average Bonchev–Trinajstić information content (AvgIpc) is 2.78. The number of rotatable bonds is 5. The molecule has 1 aliphatic rings. The number of methoxy groups -OCH3 is 1. The molecule has 0 amide bonds. The molecule has 0 saturated carbocycles. The van der Waals surface area contributed by atoms with Crippen LogP contribution in [-0.4, -0.2) is 20.3 Å². The second kappa shape index (κ2) is 5.78. The fourth-order valence-corrected chi connectivity index (χ4v) is 7.06. The van der Waals surface area contributed by atoms with E-state index >= 15 is 0 Å². The molecule has 0 bridgehead atoms. The second-order valence-electron chi connectivity index (χ2n) is 5.88. The lowest BCUT2D eigenvalue weighted by Crippen LogP contribution is -2.24. The van der Waals surface area contributed by atoms with Gasteiger partial charge in [-0.25, -0.2) is 0 Å². The zero-order chi connectivity index (χ0) is 13.0. The molecule has 1 heterocycles. The Morgan fingerprint density at radius 3 is 2.67 bits per heavy atom. The average molecular weight is 264 g/mol. The van der Waals surface area contributed by atoms with E-state index in [0.717, 1.165) is 6.42 Å². The number of phenols is 1. The van der Waals surface area contributed by atoms with E-state index in [1.165, 1.54) is 43.0 Å². The number of ether oxygens (including phenoxy) is 1. The normalized spacial score (nSPS) is 17.9. The monoisotopic (exact) mass is 264 g/mol. The maximum atomic E-state index is 9.56. The molecule has 0 aliphatic carbocycles. The Kier molecular flexibility index (Phi) is 4.33. The Morgan fingerprint density at radius 2 is 2.00 bits per heavy atom. The first-order valence-electron chi connectivity index (χ1n) is 6.99. The minimum absolute atomic E-state index is 0.235. The van der Waals surface area contributed by atoms with Crippen LogP contribution in [0.1, 0.15) is 24.8 Å². The molecule has 0 atom stereocenters. The molecule has 18 heavy (non-hydrogen) atoms. The van der Waals surface area contributed by atoms with Crippen LogP contribution in [0.5, 0.6) is 11.5 Å². The molecule has 0 aromatic heterocycles. The first-order chi connectivity index (χ1) is 8.63. The third-order valence-electron chi connectivity index (χ3n) is 4.30. The quantitative estimate of drug-likeness (QED) is 0.807. The van der Waals surface area contributed by atoms with Gasteiger partial charge in [-0.3, -0.25) is 0 Å². The SMILES string of the molecule is COc1cc(CCC[Si]2(C)CCCC2)ccc1O. The predicted molar refractivity (Wildman–Crippen MR) is 78.3 cm³/mol. The summed E-state index contributed by atoms with van der Waals surface area (Å²) in [7, 11) is 0.749. The van der Waals surface area contributed by atoms with E-state index in [0.29, 0.717) is 5.75 Å². The van der Waals surface area contributed by atoms with E-state index in [1.807, 2.05) is 12.1 Å². The van der Waals surface area contributed by atoms with Crippen LogP contribution in [0.3, 0.4) is 0 Å². The molecule has 0 radical (unpaired) electrons. The van der Waals surface area contributed by atoms with Gasteiger partial charge in [0, 0.05) is 0 Å². The summed E-state index contributed by atoms with van der Waals surface area (Å²) >= 11 is 0. The minimum Gasteiger partial charge on any atom is -0.504 e. The van der Waals surface area contributed by atoms with Crippen LogP contribution in [0.15, 0.2) is 18.2 Å². The van der Waals surface area contributed by atoms with Gasteiger partial charge in [-0.05, 0) is 24.1 Å². The molecule has 1 fully saturated rings. The first kappa shape index (κ1) is 13.5. The summed E-state index contributed by atoms with van der Waals surface area (Å²) in [5.41, 5.74) is 1.28. The highest BCUT2D eigenvalue weighted by Gasteiger charge is 2.29. The number of phenolic OH excluding ortho intramolecular Hbond substituents is 1. The molecule has 100 valence electrons. The van der Waals surface area contributed by atoms with E-state index in [2.05, 4.69) is 6.55 Å². The Balaban J connectivity index is 1.86. The van der Waals surface area contributed by atoms with Crippen molar-refractivity contribution in [3.63, 3.8) is 0 Å². The second-order valence-corrected chi connectivity index (χ2v) is 11.0. The van der Waals surface area contributed by atoms with E-state index in [9.17, 15) is 5.11 Å². The number of aryl methyl sites for hydroxylation is 1.